The molecule has 0 spiro atoms. The van der Waals surface area contributed by atoms with E-state index < -0.39 is 24.7 Å². The highest BCUT2D eigenvalue weighted by Gasteiger charge is 2.27. The van der Waals surface area contributed by atoms with Gasteiger partial charge in [0.2, 0.25) is 0 Å². The second-order valence-electron chi connectivity index (χ2n) is 3.20. The minimum absolute atomic E-state index is 0.00473. The van der Waals surface area contributed by atoms with Crippen molar-refractivity contribution in [2.45, 2.75) is 32.5 Å². The van der Waals surface area contributed by atoms with E-state index in [1.165, 1.54) is 0 Å². The molecule has 0 bridgehead atoms. The minimum atomic E-state index is -4.29. The number of hydrogen-bond acceptors (Lipinski definition) is 2. The number of rotatable bonds is 3. The van der Waals surface area contributed by atoms with Crippen molar-refractivity contribution in [3.05, 3.63) is 27.4 Å². The Morgan fingerprint density at radius 2 is 2.12 bits per heavy atom. The first kappa shape index (κ1) is 13.0. The second-order valence-corrected chi connectivity index (χ2v) is 3.59. The van der Waals surface area contributed by atoms with Gasteiger partial charge in [0.1, 0.15) is 11.0 Å². The van der Waals surface area contributed by atoms with Crippen molar-refractivity contribution < 1.29 is 13.2 Å². The Morgan fingerprint density at radius 3 is 2.62 bits per heavy atom. The number of alkyl halides is 3. The van der Waals surface area contributed by atoms with Gasteiger partial charge in [0, 0.05) is 19.0 Å². The summed E-state index contributed by atoms with van der Waals surface area (Å²) in [6.07, 6.45) is -4.99. The molecule has 0 saturated heterocycles. The molecular formula is C9H10ClF3N2O. The van der Waals surface area contributed by atoms with Gasteiger partial charge < -0.3 is 0 Å². The van der Waals surface area contributed by atoms with Crippen LogP contribution in [0.1, 0.15) is 19.2 Å². The van der Waals surface area contributed by atoms with Gasteiger partial charge in [-0.25, -0.2) is 4.98 Å². The predicted molar refractivity (Wildman–Crippen MR) is 53.6 cm³/mol. The van der Waals surface area contributed by atoms with Gasteiger partial charge in [-0.3, -0.25) is 9.36 Å². The molecule has 3 nitrogen and oxygen atoms in total. The van der Waals surface area contributed by atoms with E-state index in [0.29, 0.717) is 6.42 Å². The van der Waals surface area contributed by atoms with E-state index in [1.54, 1.807) is 6.92 Å². The first-order chi connectivity index (χ1) is 7.33. The van der Waals surface area contributed by atoms with E-state index in [9.17, 15) is 18.0 Å². The van der Waals surface area contributed by atoms with Gasteiger partial charge >= 0.3 is 6.18 Å². The Hall–Kier alpha value is -1.04. The molecule has 0 aliphatic heterocycles. The maximum Gasteiger partial charge on any atom is 0.390 e. The second kappa shape index (κ2) is 4.86. The van der Waals surface area contributed by atoms with Crippen LogP contribution in [-0.4, -0.2) is 15.7 Å². The minimum Gasteiger partial charge on any atom is -0.296 e. The average molecular weight is 255 g/mol. The zero-order valence-electron chi connectivity index (χ0n) is 8.51. The molecule has 0 aromatic carbocycles. The molecule has 0 aliphatic carbocycles. The van der Waals surface area contributed by atoms with E-state index in [1.807, 2.05) is 0 Å². The fraction of sp³-hybridized carbons (Fsp3) is 0.556. The Kier molecular flexibility index (Phi) is 3.96. The van der Waals surface area contributed by atoms with Crippen LogP contribution in [0.25, 0.3) is 0 Å². The highest BCUT2D eigenvalue weighted by Crippen LogP contribution is 2.20. The SMILES string of the molecule is CCc1nc(Cl)cc(=O)n1CCC(F)(F)F. The number of aromatic nitrogens is 2. The van der Waals surface area contributed by atoms with E-state index in [-0.39, 0.29) is 11.0 Å². The van der Waals surface area contributed by atoms with Crippen molar-refractivity contribution in [1.29, 1.82) is 0 Å². The van der Waals surface area contributed by atoms with Gasteiger partial charge in [0.05, 0.1) is 6.42 Å². The Labute approximate surface area is 94.9 Å². The number of aryl methyl sites for hydroxylation is 1. The van der Waals surface area contributed by atoms with Crippen molar-refractivity contribution in [3.63, 3.8) is 0 Å². The molecule has 0 aliphatic rings. The van der Waals surface area contributed by atoms with Crippen LogP contribution >= 0.6 is 11.6 Å². The van der Waals surface area contributed by atoms with Crippen LogP contribution in [0, 0.1) is 0 Å². The molecule has 1 rings (SSSR count). The van der Waals surface area contributed by atoms with Crippen LogP contribution in [-0.2, 0) is 13.0 Å². The summed E-state index contributed by atoms with van der Waals surface area (Å²) < 4.78 is 37.1. The number of halogens is 4. The highest BCUT2D eigenvalue weighted by atomic mass is 35.5. The van der Waals surface area contributed by atoms with Crippen LogP contribution in [0.2, 0.25) is 5.15 Å². The quantitative estimate of drug-likeness (QED) is 0.777. The molecule has 0 unspecified atom stereocenters. The molecule has 0 amide bonds. The van der Waals surface area contributed by atoms with Crippen molar-refractivity contribution >= 4 is 11.6 Å². The molecule has 7 heteroatoms. The highest BCUT2D eigenvalue weighted by molar-refractivity contribution is 6.29. The lowest BCUT2D eigenvalue weighted by Crippen LogP contribution is -2.26. The van der Waals surface area contributed by atoms with Gasteiger partial charge in [0.15, 0.2) is 0 Å². The van der Waals surface area contributed by atoms with Crippen molar-refractivity contribution in [2.75, 3.05) is 0 Å². The number of nitrogens with zero attached hydrogens (tertiary/aromatic N) is 2. The van der Waals surface area contributed by atoms with Crippen LogP contribution in [0.5, 0.6) is 0 Å². The summed E-state index contributed by atoms with van der Waals surface area (Å²) in [6.45, 7) is 1.28. The van der Waals surface area contributed by atoms with E-state index in [4.69, 9.17) is 11.6 Å². The molecular weight excluding hydrogens is 245 g/mol. The van der Waals surface area contributed by atoms with Crippen molar-refractivity contribution in [2.24, 2.45) is 0 Å². The van der Waals surface area contributed by atoms with Crippen LogP contribution in [0.3, 0.4) is 0 Å². The topological polar surface area (TPSA) is 34.9 Å². The van der Waals surface area contributed by atoms with Gasteiger partial charge in [-0.2, -0.15) is 13.2 Å². The Morgan fingerprint density at radius 1 is 1.50 bits per heavy atom. The summed E-state index contributed by atoms with van der Waals surface area (Å²) in [7, 11) is 0. The van der Waals surface area contributed by atoms with E-state index in [2.05, 4.69) is 4.98 Å². The molecule has 0 atom stereocenters. The monoisotopic (exact) mass is 254 g/mol. The molecule has 0 saturated carbocycles. The van der Waals surface area contributed by atoms with Gasteiger partial charge in [-0.15, -0.1) is 0 Å². The maximum atomic E-state index is 12.0. The smallest absolute Gasteiger partial charge is 0.296 e. The van der Waals surface area contributed by atoms with E-state index in [0.717, 1.165) is 10.6 Å². The van der Waals surface area contributed by atoms with Gasteiger partial charge in [-0.05, 0) is 0 Å². The third-order valence-corrected chi connectivity index (χ3v) is 2.18. The number of hydrogen-bond donors (Lipinski definition) is 0. The Balaban J connectivity index is 2.99. The summed E-state index contributed by atoms with van der Waals surface area (Å²) >= 11 is 5.54. The van der Waals surface area contributed by atoms with Crippen molar-refractivity contribution in [1.82, 2.24) is 9.55 Å². The largest absolute Gasteiger partial charge is 0.390 e. The average Bonchev–Trinajstić information content (AvgIpc) is 2.13. The summed E-state index contributed by atoms with van der Waals surface area (Å²) in [5.74, 6) is 0.266. The molecule has 1 heterocycles. The lowest BCUT2D eigenvalue weighted by atomic mass is 10.3. The summed E-state index contributed by atoms with van der Waals surface area (Å²) in [6, 6.07) is 1.01. The predicted octanol–water partition coefficient (Wildman–Crippen LogP) is 2.41. The zero-order chi connectivity index (χ0) is 12.3. The molecule has 0 N–H and O–H groups in total. The van der Waals surface area contributed by atoms with E-state index >= 15 is 0 Å². The lowest BCUT2D eigenvalue weighted by molar-refractivity contribution is -0.136. The molecule has 16 heavy (non-hydrogen) atoms. The van der Waals surface area contributed by atoms with Crippen LogP contribution in [0.15, 0.2) is 10.9 Å². The summed E-state index contributed by atoms with van der Waals surface area (Å²) in [4.78, 5) is 15.2. The zero-order valence-corrected chi connectivity index (χ0v) is 9.27. The Bertz CT molecular complexity index is 428. The molecule has 0 radical (unpaired) electrons. The molecule has 0 fully saturated rings. The van der Waals surface area contributed by atoms with Crippen LogP contribution in [0.4, 0.5) is 13.2 Å². The normalized spacial score (nSPS) is 11.8. The molecule has 1 aromatic heterocycles. The fourth-order valence-corrected chi connectivity index (χ4v) is 1.46. The summed E-state index contributed by atoms with van der Waals surface area (Å²) in [5, 5.41) is 0.00473. The molecule has 1 aromatic rings. The van der Waals surface area contributed by atoms with Gasteiger partial charge in [0.25, 0.3) is 5.56 Å². The maximum absolute atomic E-state index is 12.0. The third-order valence-electron chi connectivity index (χ3n) is 1.99. The molecule has 90 valence electrons. The summed E-state index contributed by atoms with van der Waals surface area (Å²) in [5.41, 5.74) is -0.555. The van der Waals surface area contributed by atoms with Gasteiger partial charge in [-0.1, -0.05) is 18.5 Å². The fourth-order valence-electron chi connectivity index (χ4n) is 1.27. The van der Waals surface area contributed by atoms with Crippen molar-refractivity contribution in [3.8, 4) is 0 Å². The standard InChI is InChI=1S/C9H10ClF3N2O/c1-2-7-14-6(10)5-8(16)15(7)4-3-9(11,12)13/h5H,2-4H2,1H3. The van der Waals surface area contributed by atoms with Crippen LogP contribution < -0.4 is 5.56 Å². The first-order valence-corrected chi connectivity index (χ1v) is 5.04. The lowest BCUT2D eigenvalue weighted by Gasteiger charge is -2.12. The third kappa shape index (κ3) is 3.52. The first-order valence-electron chi connectivity index (χ1n) is 4.66.